The van der Waals surface area contributed by atoms with Crippen molar-refractivity contribution >= 4 is 34.0 Å². The molecule has 1 aliphatic heterocycles. The molecule has 29 heavy (non-hydrogen) atoms. The van der Waals surface area contributed by atoms with E-state index in [1.54, 1.807) is 23.4 Å². The molecular formula is C21H25ClF2N4O. The Kier molecular flexibility index (Phi) is 7.03. The number of alkyl halides is 2. The van der Waals surface area contributed by atoms with Gasteiger partial charge < -0.3 is 9.64 Å². The number of aromatic nitrogens is 3. The maximum absolute atomic E-state index is 13.2. The molecule has 0 atom stereocenters. The van der Waals surface area contributed by atoms with Crippen LogP contribution in [-0.4, -0.2) is 35.0 Å². The Hall–Kier alpha value is -2.25. The molecule has 0 unspecified atom stereocenters. The summed E-state index contributed by atoms with van der Waals surface area (Å²) in [5.41, 5.74) is 1.38. The van der Waals surface area contributed by atoms with Crippen molar-refractivity contribution < 1.29 is 13.5 Å². The lowest BCUT2D eigenvalue weighted by Crippen LogP contribution is -2.21. The average Bonchev–Trinajstić information content (AvgIpc) is 3.15. The predicted molar refractivity (Wildman–Crippen MR) is 112 cm³/mol. The van der Waals surface area contributed by atoms with Crippen molar-refractivity contribution in [3.05, 3.63) is 47.2 Å². The molecule has 4 rings (SSSR count). The normalized spacial score (nSPS) is 14.7. The monoisotopic (exact) mass is 422 g/mol. The van der Waals surface area contributed by atoms with Gasteiger partial charge in [0.15, 0.2) is 5.82 Å². The first-order chi connectivity index (χ1) is 14.1. The van der Waals surface area contributed by atoms with Crippen molar-refractivity contribution in [3.63, 3.8) is 0 Å². The highest BCUT2D eigenvalue weighted by molar-refractivity contribution is 6.31. The van der Waals surface area contributed by atoms with Crippen LogP contribution in [0.25, 0.3) is 10.9 Å². The molecule has 0 bridgehead atoms. The Morgan fingerprint density at radius 1 is 1.21 bits per heavy atom. The molecule has 5 nitrogen and oxygen atoms in total. The smallest absolute Gasteiger partial charge is 0.265 e. The minimum absolute atomic E-state index is 0.0569. The molecule has 0 radical (unpaired) electrons. The predicted octanol–water partition coefficient (Wildman–Crippen LogP) is 6.17. The van der Waals surface area contributed by atoms with Gasteiger partial charge in [-0.3, -0.25) is 9.67 Å². The lowest BCUT2D eigenvalue weighted by atomic mass is 10.1. The van der Waals surface area contributed by atoms with Gasteiger partial charge in [0.25, 0.3) is 6.43 Å². The fraction of sp³-hybridized carbons (Fsp3) is 0.429. The summed E-state index contributed by atoms with van der Waals surface area (Å²) < 4.78 is 33.9. The fourth-order valence-corrected chi connectivity index (χ4v) is 3.65. The molecule has 3 heterocycles. The molecule has 0 N–H and O–H groups in total. The highest BCUT2D eigenvalue weighted by Crippen LogP contribution is 2.36. The first-order valence-electron chi connectivity index (χ1n) is 9.77. The molecule has 0 spiro atoms. The van der Waals surface area contributed by atoms with Crippen LogP contribution in [0.4, 0.5) is 20.3 Å². The minimum Gasteiger partial charge on any atom is -0.381 e. The van der Waals surface area contributed by atoms with Crippen LogP contribution in [0.15, 0.2) is 36.7 Å². The minimum atomic E-state index is -2.64. The third kappa shape index (κ3) is 4.36. The summed E-state index contributed by atoms with van der Waals surface area (Å²) in [6.45, 7) is 5.41. The Balaban J connectivity index is 0.00000117. The zero-order valence-corrected chi connectivity index (χ0v) is 17.5. The third-order valence-electron chi connectivity index (χ3n) is 4.94. The van der Waals surface area contributed by atoms with Crippen molar-refractivity contribution in [1.82, 2.24) is 14.8 Å². The van der Waals surface area contributed by atoms with Gasteiger partial charge >= 0.3 is 0 Å². The topological polar surface area (TPSA) is 43.2 Å². The maximum Gasteiger partial charge on any atom is 0.265 e. The van der Waals surface area contributed by atoms with E-state index < -0.39 is 6.43 Å². The number of hydrogen-bond donors (Lipinski definition) is 0. The molecule has 1 saturated heterocycles. The summed E-state index contributed by atoms with van der Waals surface area (Å²) in [6, 6.07) is 6.78. The number of halogens is 3. The van der Waals surface area contributed by atoms with Gasteiger partial charge in [-0.15, -0.1) is 0 Å². The Bertz CT molecular complexity index is 957. The SMILES string of the molecule is CC.CN(c1ccc(Cl)c(C(F)F)c1)c1nn(C2CCOCC2)c2ccncc12. The molecule has 0 aliphatic carbocycles. The van der Waals surface area contributed by atoms with E-state index in [1.807, 2.05) is 31.6 Å². The number of anilines is 2. The molecule has 1 aliphatic rings. The number of rotatable bonds is 4. The van der Waals surface area contributed by atoms with Crippen molar-refractivity contribution in [2.75, 3.05) is 25.2 Å². The second kappa shape index (κ2) is 9.50. The van der Waals surface area contributed by atoms with Crippen LogP contribution in [0.5, 0.6) is 0 Å². The van der Waals surface area contributed by atoms with Crippen molar-refractivity contribution in [2.24, 2.45) is 0 Å². The second-order valence-electron chi connectivity index (χ2n) is 6.57. The molecule has 8 heteroatoms. The number of nitrogens with zero attached hydrogens (tertiary/aromatic N) is 4. The standard InChI is InChI=1S/C19H19ClF2N4O.C2H6/c1-25(13-2-3-16(20)14(10-13)18(21)22)19-15-11-23-7-4-17(15)26(24-19)12-5-8-27-9-6-12;1-2/h2-4,7,10-12,18H,5-6,8-9H2,1H3;1-2H3. The first-order valence-corrected chi connectivity index (χ1v) is 10.2. The van der Waals surface area contributed by atoms with Crippen molar-refractivity contribution in [2.45, 2.75) is 39.2 Å². The van der Waals surface area contributed by atoms with Crippen LogP contribution in [-0.2, 0) is 4.74 Å². The van der Waals surface area contributed by atoms with Gasteiger partial charge in [-0.25, -0.2) is 8.78 Å². The van der Waals surface area contributed by atoms with Crippen LogP contribution in [0.2, 0.25) is 5.02 Å². The van der Waals surface area contributed by atoms with Crippen molar-refractivity contribution in [1.29, 1.82) is 0 Å². The Morgan fingerprint density at radius 2 is 1.93 bits per heavy atom. The van der Waals surface area contributed by atoms with Gasteiger partial charge in [0.2, 0.25) is 0 Å². The number of hydrogen-bond acceptors (Lipinski definition) is 4. The first kappa shape index (κ1) is 21.5. The summed E-state index contributed by atoms with van der Waals surface area (Å²) >= 11 is 5.90. The average molecular weight is 423 g/mol. The van der Waals surface area contributed by atoms with Crippen LogP contribution >= 0.6 is 11.6 Å². The largest absolute Gasteiger partial charge is 0.381 e. The van der Waals surface area contributed by atoms with Gasteiger partial charge in [-0.05, 0) is 37.1 Å². The van der Waals surface area contributed by atoms with E-state index in [0.29, 0.717) is 24.7 Å². The Morgan fingerprint density at radius 3 is 2.62 bits per heavy atom. The van der Waals surface area contributed by atoms with Gasteiger partial charge in [-0.1, -0.05) is 25.4 Å². The van der Waals surface area contributed by atoms with E-state index in [4.69, 9.17) is 21.4 Å². The Labute approximate surface area is 174 Å². The zero-order chi connectivity index (χ0) is 21.0. The van der Waals surface area contributed by atoms with E-state index in [0.717, 1.165) is 23.7 Å². The van der Waals surface area contributed by atoms with Gasteiger partial charge in [0.05, 0.1) is 16.9 Å². The van der Waals surface area contributed by atoms with Crippen LogP contribution in [0.1, 0.15) is 44.7 Å². The molecule has 3 aromatic rings. The summed E-state index contributed by atoms with van der Waals surface area (Å²) in [5, 5.41) is 5.74. The molecule has 156 valence electrons. The summed E-state index contributed by atoms with van der Waals surface area (Å²) in [7, 11) is 1.81. The second-order valence-corrected chi connectivity index (χ2v) is 6.98. The molecular weight excluding hydrogens is 398 g/mol. The fourth-order valence-electron chi connectivity index (χ4n) is 3.45. The van der Waals surface area contributed by atoms with Crippen LogP contribution in [0.3, 0.4) is 0 Å². The lowest BCUT2D eigenvalue weighted by Gasteiger charge is -2.23. The number of benzene rings is 1. The summed E-state index contributed by atoms with van der Waals surface area (Å²) in [6.07, 6.45) is 2.63. The summed E-state index contributed by atoms with van der Waals surface area (Å²) in [5.74, 6) is 0.673. The number of fused-ring (bicyclic) bond motifs is 1. The van der Waals surface area contributed by atoms with Crippen LogP contribution in [0, 0.1) is 0 Å². The summed E-state index contributed by atoms with van der Waals surface area (Å²) in [4.78, 5) is 6.02. The highest BCUT2D eigenvalue weighted by Gasteiger charge is 2.23. The number of pyridine rings is 1. The molecule has 0 saturated carbocycles. The molecule has 1 fully saturated rings. The lowest BCUT2D eigenvalue weighted by molar-refractivity contribution is 0.0675. The van der Waals surface area contributed by atoms with E-state index in [-0.39, 0.29) is 16.6 Å². The van der Waals surface area contributed by atoms with E-state index in [9.17, 15) is 8.78 Å². The van der Waals surface area contributed by atoms with E-state index >= 15 is 0 Å². The van der Waals surface area contributed by atoms with E-state index in [2.05, 4.69) is 4.98 Å². The quantitative estimate of drug-likeness (QED) is 0.504. The molecule has 2 aromatic heterocycles. The van der Waals surface area contributed by atoms with Gasteiger partial charge in [-0.2, -0.15) is 5.10 Å². The number of ether oxygens (including phenoxy) is 1. The van der Waals surface area contributed by atoms with Gasteiger partial charge in [0, 0.05) is 48.9 Å². The van der Waals surface area contributed by atoms with Gasteiger partial charge in [0.1, 0.15) is 0 Å². The van der Waals surface area contributed by atoms with E-state index in [1.165, 1.54) is 12.1 Å². The van der Waals surface area contributed by atoms with Crippen LogP contribution < -0.4 is 4.90 Å². The maximum atomic E-state index is 13.2. The zero-order valence-electron chi connectivity index (χ0n) is 16.8. The molecule has 0 amide bonds. The highest BCUT2D eigenvalue weighted by atomic mass is 35.5. The van der Waals surface area contributed by atoms with Crippen molar-refractivity contribution in [3.8, 4) is 0 Å². The third-order valence-corrected chi connectivity index (χ3v) is 5.29. The molecule has 1 aromatic carbocycles.